The molecular formula is C22H23N7O4. The molecule has 3 aromatic heterocycles. The number of aryl methyl sites for hydroxylation is 2. The van der Waals surface area contributed by atoms with Crippen molar-refractivity contribution in [2.75, 3.05) is 12.4 Å². The number of rotatable bonds is 7. The molecule has 4 aromatic rings. The Kier molecular flexibility index (Phi) is 5.78. The summed E-state index contributed by atoms with van der Waals surface area (Å²) >= 11 is 0. The number of fused-ring (bicyclic) bond motifs is 1. The van der Waals surface area contributed by atoms with Crippen LogP contribution in [0, 0.1) is 17.0 Å². The summed E-state index contributed by atoms with van der Waals surface area (Å²) in [5.74, 6) is 0.223. The predicted octanol–water partition coefficient (Wildman–Crippen LogP) is 3.40. The van der Waals surface area contributed by atoms with Crippen molar-refractivity contribution in [3.63, 3.8) is 0 Å². The minimum Gasteiger partial charge on any atom is -0.469 e. The van der Waals surface area contributed by atoms with E-state index in [1.807, 2.05) is 44.4 Å². The molecule has 3 heterocycles. The Bertz CT molecular complexity index is 1360. The molecule has 1 N–H and O–H groups in total. The molecule has 0 fully saturated rings. The average molecular weight is 449 g/mol. The van der Waals surface area contributed by atoms with E-state index in [4.69, 9.17) is 4.74 Å². The third-order valence-corrected chi connectivity index (χ3v) is 5.26. The Hall–Kier alpha value is -4.28. The van der Waals surface area contributed by atoms with E-state index in [1.54, 1.807) is 16.3 Å². The van der Waals surface area contributed by atoms with Crippen LogP contribution in [-0.4, -0.2) is 48.6 Å². The number of carbonyl (C=O) groups is 1. The fourth-order valence-corrected chi connectivity index (χ4v) is 3.69. The minimum atomic E-state index is -0.473. The van der Waals surface area contributed by atoms with Crippen molar-refractivity contribution in [3.05, 3.63) is 58.5 Å². The summed E-state index contributed by atoms with van der Waals surface area (Å²) in [5, 5.41) is 24.7. The number of nitro groups is 1. The Balaban J connectivity index is 1.84. The highest BCUT2D eigenvalue weighted by atomic mass is 16.6. The van der Waals surface area contributed by atoms with E-state index in [0.717, 1.165) is 16.6 Å². The quantitative estimate of drug-likeness (QED) is 0.258. The average Bonchev–Trinajstić information content (AvgIpc) is 3.36. The van der Waals surface area contributed by atoms with Crippen LogP contribution in [0.1, 0.15) is 19.0 Å². The molecule has 33 heavy (non-hydrogen) atoms. The highest BCUT2D eigenvalue weighted by Gasteiger charge is 2.23. The van der Waals surface area contributed by atoms with Gasteiger partial charge in [-0.2, -0.15) is 10.2 Å². The number of hydrogen-bond acceptors (Lipinski definition) is 8. The van der Waals surface area contributed by atoms with Crippen LogP contribution in [0.2, 0.25) is 0 Å². The van der Waals surface area contributed by atoms with E-state index < -0.39 is 16.9 Å². The van der Waals surface area contributed by atoms with E-state index >= 15 is 0 Å². The van der Waals surface area contributed by atoms with Gasteiger partial charge in [-0.05, 0) is 32.0 Å². The van der Waals surface area contributed by atoms with Gasteiger partial charge in [-0.25, -0.2) is 4.68 Å². The SMILES string of the molecule is COC(=O)C[C@@H](C)Nc1c([N+](=O)[O-])ccnc1-c1ccc2c(c1)c(-n1ccc(C)n1)nn2C. The largest absolute Gasteiger partial charge is 0.469 e. The van der Waals surface area contributed by atoms with Crippen molar-refractivity contribution in [2.45, 2.75) is 26.3 Å². The Morgan fingerprint density at radius 3 is 2.73 bits per heavy atom. The lowest BCUT2D eigenvalue weighted by molar-refractivity contribution is -0.384. The van der Waals surface area contributed by atoms with Gasteiger partial charge >= 0.3 is 5.97 Å². The number of esters is 1. The number of carbonyl (C=O) groups excluding carboxylic acids is 1. The number of anilines is 1. The zero-order chi connectivity index (χ0) is 23.7. The summed E-state index contributed by atoms with van der Waals surface area (Å²) in [7, 11) is 3.14. The second kappa shape index (κ2) is 8.69. The smallest absolute Gasteiger partial charge is 0.307 e. The molecular weight excluding hydrogens is 426 g/mol. The van der Waals surface area contributed by atoms with Crippen LogP contribution in [-0.2, 0) is 16.6 Å². The monoisotopic (exact) mass is 449 g/mol. The molecule has 0 saturated carbocycles. The number of benzene rings is 1. The topological polar surface area (TPSA) is 130 Å². The van der Waals surface area contributed by atoms with Crippen LogP contribution in [0.4, 0.5) is 11.4 Å². The highest BCUT2D eigenvalue weighted by molar-refractivity contribution is 5.93. The van der Waals surface area contributed by atoms with Crippen LogP contribution in [0.15, 0.2) is 42.7 Å². The summed E-state index contributed by atoms with van der Waals surface area (Å²) < 4.78 is 8.16. The summed E-state index contributed by atoms with van der Waals surface area (Å²) in [4.78, 5) is 27.4. The Labute approximate surface area is 189 Å². The normalized spacial score (nSPS) is 12.0. The van der Waals surface area contributed by atoms with Crippen molar-refractivity contribution in [2.24, 2.45) is 7.05 Å². The van der Waals surface area contributed by atoms with Crippen molar-refractivity contribution in [1.82, 2.24) is 24.5 Å². The molecule has 4 rings (SSSR count). The zero-order valence-electron chi connectivity index (χ0n) is 18.6. The second-order valence-corrected chi connectivity index (χ2v) is 7.72. The van der Waals surface area contributed by atoms with Crippen LogP contribution in [0.25, 0.3) is 28.0 Å². The molecule has 0 radical (unpaired) electrons. The van der Waals surface area contributed by atoms with Crippen LogP contribution in [0.5, 0.6) is 0 Å². The lowest BCUT2D eigenvalue weighted by Crippen LogP contribution is -2.21. The standard InChI is InChI=1S/C22H23N7O4/c1-13-8-10-28(25-13)22-16-12-15(5-6-17(16)27(3)26-22)20-21(18(29(31)32)7-9-23-20)24-14(2)11-19(30)33-4/h5-10,12,14,24H,11H2,1-4H3/t14-/m1/s1. The van der Waals surface area contributed by atoms with Gasteiger partial charge in [0.25, 0.3) is 5.69 Å². The molecule has 0 aliphatic carbocycles. The molecule has 0 spiro atoms. The first kappa shape index (κ1) is 21.9. The van der Waals surface area contributed by atoms with E-state index in [-0.39, 0.29) is 17.8 Å². The summed E-state index contributed by atoms with van der Waals surface area (Å²) in [6, 6.07) is 8.42. The number of hydrogen-bond donors (Lipinski definition) is 1. The molecule has 0 bridgehead atoms. The molecule has 1 aromatic carbocycles. The highest BCUT2D eigenvalue weighted by Crippen LogP contribution is 2.36. The van der Waals surface area contributed by atoms with Crippen molar-refractivity contribution in [3.8, 4) is 17.1 Å². The lowest BCUT2D eigenvalue weighted by Gasteiger charge is -2.17. The van der Waals surface area contributed by atoms with Gasteiger partial charge in [-0.15, -0.1) is 0 Å². The van der Waals surface area contributed by atoms with E-state index in [0.29, 0.717) is 17.1 Å². The molecule has 0 aliphatic rings. The van der Waals surface area contributed by atoms with Crippen LogP contribution >= 0.6 is 0 Å². The lowest BCUT2D eigenvalue weighted by atomic mass is 10.1. The van der Waals surface area contributed by atoms with Crippen LogP contribution in [0.3, 0.4) is 0 Å². The van der Waals surface area contributed by atoms with Gasteiger partial charge in [0.2, 0.25) is 0 Å². The number of aromatic nitrogens is 5. The number of nitrogens with one attached hydrogen (secondary N) is 1. The zero-order valence-corrected chi connectivity index (χ0v) is 18.6. The van der Waals surface area contributed by atoms with Gasteiger partial charge in [0.1, 0.15) is 11.4 Å². The van der Waals surface area contributed by atoms with Crippen molar-refractivity contribution in [1.29, 1.82) is 0 Å². The summed E-state index contributed by atoms with van der Waals surface area (Å²) in [5.41, 5.74) is 2.90. The molecule has 0 amide bonds. The predicted molar refractivity (Wildman–Crippen MR) is 122 cm³/mol. The molecule has 170 valence electrons. The fourth-order valence-electron chi connectivity index (χ4n) is 3.69. The van der Waals surface area contributed by atoms with E-state index in [2.05, 4.69) is 20.5 Å². The van der Waals surface area contributed by atoms with E-state index in [9.17, 15) is 14.9 Å². The summed E-state index contributed by atoms with van der Waals surface area (Å²) in [6.07, 6.45) is 3.28. The molecule has 1 atom stereocenters. The van der Waals surface area contributed by atoms with Gasteiger partial charge in [-0.1, -0.05) is 6.07 Å². The van der Waals surface area contributed by atoms with Gasteiger partial charge in [-0.3, -0.25) is 24.6 Å². The molecule has 11 nitrogen and oxygen atoms in total. The summed E-state index contributed by atoms with van der Waals surface area (Å²) in [6.45, 7) is 3.65. The number of ether oxygens (including phenoxy) is 1. The van der Waals surface area contributed by atoms with Crippen LogP contribution < -0.4 is 5.32 Å². The molecule has 0 unspecified atom stereocenters. The fraction of sp³-hybridized carbons (Fsp3) is 0.273. The van der Waals surface area contributed by atoms with Crippen molar-refractivity contribution < 1.29 is 14.5 Å². The molecule has 11 heteroatoms. The minimum absolute atomic E-state index is 0.0480. The first-order valence-electron chi connectivity index (χ1n) is 10.2. The third kappa shape index (κ3) is 4.25. The van der Waals surface area contributed by atoms with Gasteiger partial charge in [0, 0.05) is 42.5 Å². The number of methoxy groups -OCH3 is 1. The Morgan fingerprint density at radius 1 is 1.27 bits per heavy atom. The first-order chi connectivity index (χ1) is 15.8. The van der Waals surface area contributed by atoms with E-state index in [1.165, 1.54) is 19.4 Å². The first-order valence-corrected chi connectivity index (χ1v) is 10.2. The molecule has 0 aliphatic heterocycles. The number of nitrogens with zero attached hydrogens (tertiary/aromatic N) is 6. The van der Waals surface area contributed by atoms with Gasteiger partial charge in [0.15, 0.2) is 5.82 Å². The van der Waals surface area contributed by atoms with Crippen molar-refractivity contribution >= 4 is 28.2 Å². The van der Waals surface area contributed by atoms with Gasteiger partial charge < -0.3 is 10.1 Å². The second-order valence-electron chi connectivity index (χ2n) is 7.72. The third-order valence-electron chi connectivity index (χ3n) is 5.26. The molecule has 0 saturated heterocycles. The maximum Gasteiger partial charge on any atom is 0.307 e. The Morgan fingerprint density at radius 2 is 2.06 bits per heavy atom. The maximum atomic E-state index is 11.7. The van der Waals surface area contributed by atoms with Gasteiger partial charge in [0.05, 0.1) is 29.7 Å². The number of pyridine rings is 1. The maximum absolute atomic E-state index is 11.7.